The number of halogens is 2. The molecule has 0 bridgehead atoms. The molecule has 0 rings (SSSR count). The summed E-state index contributed by atoms with van der Waals surface area (Å²) in [6, 6.07) is 0.883. The standard InChI is InChI=1S/C18H40F2Si2/c1-15(2,3)21(19,16(4,5)6)13-14-22(20,17(7,8)9)18(10,11)12/h13-14H2,1-12H3. The van der Waals surface area contributed by atoms with Crippen LogP contribution >= 0.6 is 0 Å². The van der Waals surface area contributed by atoms with E-state index in [2.05, 4.69) is 0 Å². The van der Waals surface area contributed by atoms with E-state index in [-0.39, 0.29) is 20.2 Å². The summed E-state index contributed by atoms with van der Waals surface area (Å²) < 4.78 is 32.2. The van der Waals surface area contributed by atoms with Crippen LogP contribution in [0, 0.1) is 0 Å². The van der Waals surface area contributed by atoms with Crippen molar-refractivity contribution in [1.82, 2.24) is 0 Å². The molecule has 0 aromatic carbocycles. The Bertz CT molecular complexity index is 310. The lowest BCUT2D eigenvalue weighted by atomic mass is 10.2. The quantitative estimate of drug-likeness (QED) is 0.357. The molecule has 0 aliphatic carbocycles. The number of hydrogen-bond donors (Lipinski definition) is 0. The molecule has 134 valence electrons. The summed E-state index contributed by atoms with van der Waals surface area (Å²) in [6.07, 6.45) is 0. The molecule has 22 heavy (non-hydrogen) atoms. The summed E-state index contributed by atoms with van der Waals surface area (Å²) in [5, 5.41) is -1.46. The van der Waals surface area contributed by atoms with Crippen LogP contribution < -0.4 is 0 Å². The van der Waals surface area contributed by atoms with Crippen molar-refractivity contribution in [2.24, 2.45) is 0 Å². The minimum Gasteiger partial charge on any atom is -0.313 e. The predicted octanol–water partition coefficient (Wildman–Crippen LogP) is 8.02. The molecule has 0 nitrogen and oxygen atoms in total. The van der Waals surface area contributed by atoms with Crippen LogP contribution in [0.1, 0.15) is 83.1 Å². The van der Waals surface area contributed by atoms with E-state index in [0.29, 0.717) is 12.1 Å². The Balaban J connectivity index is 5.72. The van der Waals surface area contributed by atoms with Gasteiger partial charge in [0.05, 0.1) is 0 Å². The highest BCUT2D eigenvalue weighted by molar-refractivity contribution is 6.84. The van der Waals surface area contributed by atoms with Gasteiger partial charge in [-0.2, -0.15) is 0 Å². The van der Waals surface area contributed by atoms with E-state index in [1.165, 1.54) is 0 Å². The molecular weight excluding hydrogens is 310 g/mol. The summed E-state index contributed by atoms with van der Waals surface area (Å²) in [5.74, 6) is 0. The van der Waals surface area contributed by atoms with Crippen molar-refractivity contribution in [2.75, 3.05) is 0 Å². The second-order valence-corrected chi connectivity index (χ2v) is 21.3. The fraction of sp³-hybridized carbons (Fsp3) is 1.00. The maximum absolute atomic E-state index is 16.1. The molecule has 0 amide bonds. The predicted molar refractivity (Wildman–Crippen MR) is 102 cm³/mol. The van der Waals surface area contributed by atoms with Crippen molar-refractivity contribution in [3.63, 3.8) is 0 Å². The normalized spacial score (nSPS) is 16.1. The molecule has 0 unspecified atom stereocenters. The first-order valence-corrected chi connectivity index (χ1v) is 12.8. The SMILES string of the molecule is CC(C)(C)[Si](F)(CC[Si](F)(C(C)(C)C)C(C)(C)C)C(C)(C)C. The van der Waals surface area contributed by atoms with E-state index in [0.717, 1.165) is 0 Å². The third-order valence-electron chi connectivity index (χ3n) is 5.57. The average molecular weight is 351 g/mol. The van der Waals surface area contributed by atoms with Crippen molar-refractivity contribution in [3.8, 4) is 0 Å². The van der Waals surface area contributed by atoms with Crippen LogP contribution in [-0.2, 0) is 0 Å². The lowest BCUT2D eigenvalue weighted by Crippen LogP contribution is -2.53. The molecule has 0 atom stereocenters. The third kappa shape index (κ3) is 4.03. The molecule has 0 aromatic heterocycles. The summed E-state index contributed by atoms with van der Waals surface area (Å²) >= 11 is 0. The Hall–Kier alpha value is 0.294. The Morgan fingerprint density at radius 1 is 0.455 bits per heavy atom. The fourth-order valence-electron chi connectivity index (χ4n) is 4.09. The van der Waals surface area contributed by atoms with Crippen LogP contribution in [0.3, 0.4) is 0 Å². The van der Waals surface area contributed by atoms with Gasteiger partial charge in [0.2, 0.25) is 0 Å². The Morgan fingerprint density at radius 3 is 0.682 bits per heavy atom. The van der Waals surface area contributed by atoms with Crippen LogP contribution in [0.25, 0.3) is 0 Å². The van der Waals surface area contributed by atoms with Gasteiger partial charge >= 0.3 is 0 Å². The van der Waals surface area contributed by atoms with E-state index in [1.54, 1.807) is 0 Å². The van der Waals surface area contributed by atoms with Gasteiger partial charge in [0.1, 0.15) is 0 Å². The molecule has 0 saturated heterocycles. The number of hydrogen-bond acceptors (Lipinski definition) is 0. The molecule has 0 N–H and O–H groups in total. The molecule has 0 fully saturated rings. The van der Waals surface area contributed by atoms with Gasteiger partial charge in [0.15, 0.2) is 0 Å². The van der Waals surface area contributed by atoms with Crippen molar-refractivity contribution in [3.05, 3.63) is 0 Å². The average Bonchev–Trinajstić information content (AvgIpc) is 2.18. The van der Waals surface area contributed by atoms with E-state index in [4.69, 9.17) is 0 Å². The zero-order valence-electron chi connectivity index (χ0n) is 17.2. The summed E-state index contributed by atoms with van der Waals surface area (Å²) in [5.41, 5.74) is 0. The van der Waals surface area contributed by atoms with Crippen LogP contribution in [0.2, 0.25) is 32.2 Å². The van der Waals surface area contributed by atoms with Crippen molar-refractivity contribution in [1.29, 1.82) is 0 Å². The third-order valence-corrected chi connectivity index (χ3v) is 17.5. The van der Waals surface area contributed by atoms with Gasteiger partial charge in [-0.1, -0.05) is 83.1 Å². The first-order chi connectivity index (χ1) is 9.21. The Kier molecular flexibility index (Phi) is 6.06. The maximum Gasteiger partial charge on any atom is 0.257 e. The lowest BCUT2D eigenvalue weighted by Gasteiger charge is -2.49. The van der Waals surface area contributed by atoms with Crippen LogP contribution in [0.4, 0.5) is 8.22 Å². The topological polar surface area (TPSA) is 0 Å². The van der Waals surface area contributed by atoms with Crippen LogP contribution in [0.15, 0.2) is 0 Å². The molecule has 0 aliphatic heterocycles. The monoisotopic (exact) mass is 350 g/mol. The molecule has 0 aromatic rings. The molecule has 0 spiro atoms. The maximum atomic E-state index is 16.1. The van der Waals surface area contributed by atoms with Crippen LogP contribution in [-0.4, -0.2) is 16.8 Å². The smallest absolute Gasteiger partial charge is 0.257 e. The lowest BCUT2D eigenvalue weighted by molar-refractivity contribution is 0.492. The minimum atomic E-state index is -3.13. The van der Waals surface area contributed by atoms with Crippen molar-refractivity contribution in [2.45, 2.75) is 115 Å². The Morgan fingerprint density at radius 2 is 0.591 bits per heavy atom. The van der Waals surface area contributed by atoms with E-state index in [9.17, 15) is 0 Å². The molecule has 4 heteroatoms. The highest BCUT2D eigenvalue weighted by Crippen LogP contribution is 2.59. The van der Waals surface area contributed by atoms with Gasteiger partial charge in [-0.25, -0.2) is 0 Å². The first kappa shape index (κ1) is 22.3. The summed E-state index contributed by atoms with van der Waals surface area (Å²) in [6.45, 7) is 24.0. The van der Waals surface area contributed by atoms with Gasteiger partial charge in [-0.3, -0.25) is 0 Å². The largest absolute Gasteiger partial charge is 0.313 e. The summed E-state index contributed by atoms with van der Waals surface area (Å²) in [4.78, 5) is 0. The van der Waals surface area contributed by atoms with E-state index in [1.807, 2.05) is 83.1 Å². The van der Waals surface area contributed by atoms with Crippen LogP contribution in [0.5, 0.6) is 0 Å². The molecule has 0 heterocycles. The zero-order chi connectivity index (χ0) is 18.4. The highest BCUT2D eigenvalue weighted by Gasteiger charge is 2.60. The Labute approximate surface area is 140 Å². The molecule has 0 radical (unpaired) electrons. The van der Waals surface area contributed by atoms with Gasteiger partial charge in [-0.15, -0.1) is 0 Å². The summed E-state index contributed by atoms with van der Waals surface area (Å²) in [7, 11) is -6.25. The fourth-order valence-corrected chi connectivity index (χ4v) is 14.4. The molecule has 0 saturated carbocycles. The minimum absolute atomic E-state index is 0.365. The first-order valence-electron chi connectivity index (χ1n) is 8.59. The highest BCUT2D eigenvalue weighted by atomic mass is 28.4. The van der Waals surface area contributed by atoms with Crippen molar-refractivity contribution >= 4 is 16.8 Å². The second kappa shape index (κ2) is 5.98. The van der Waals surface area contributed by atoms with E-state index >= 15 is 8.22 Å². The van der Waals surface area contributed by atoms with Gasteiger partial charge in [-0.05, 0) is 32.2 Å². The second-order valence-electron chi connectivity index (χ2n) is 11.1. The molecule has 0 aliphatic rings. The van der Waals surface area contributed by atoms with Gasteiger partial charge in [0.25, 0.3) is 16.8 Å². The van der Waals surface area contributed by atoms with Gasteiger partial charge in [0, 0.05) is 0 Å². The van der Waals surface area contributed by atoms with Gasteiger partial charge < -0.3 is 8.22 Å². The van der Waals surface area contributed by atoms with E-state index < -0.39 is 16.8 Å². The molecular formula is C18H40F2Si2. The zero-order valence-corrected chi connectivity index (χ0v) is 19.2. The van der Waals surface area contributed by atoms with Crippen molar-refractivity contribution < 1.29 is 8.22 Å². The number of rotatable bonds is 3.